The second kappa shape index (κ2) is 8.22. The maximum Gasteiger partial charge on any atom is 0.306 e. The Bertz CT molecular complexity index is 1110. The predicted molar refractivity (Wildman–Crippen MR) is 109 cm³/mol. The molecule has 0 bridgehead atoms. The first-order chi connectivity index (χ1) is 14.1. The Balaban J connectivity index is 1.30. The molecule has 1 N–H and O–H groups in total. The number of amides is 1. The number of esters is 1. The van der Waals surface area contributed by atoms with Gasteiger partial charge in [0.05, 0.1) is 11.9 Å². The van der Waals surface area contributed by atoms with E-state index < -0.39 is 5.97 Å². The lowest BCUT2D eigenvalue weighted by molar-refractivity contribution is -0.142. The van der Waals surface area contributed by atoms with Crippen LogP contribution in [0.4, 0.5) is 5.69 Å². The molecule has 0 radical (unpaired) electrons. The quantitative estimate of drug-likeness (QED) is 0.516. The van der Waals surface area contributed by atoms with Crippen molar-refractivity contribution < 1.29 is 19.1 Å². The Labute approximate surface area is 167 Å². The van der Waals surface area contributed by atoms with Gasteiger partial charge in [-0.25, -0.2) is 0 Å². The first-order valence-electron chi connectivity index (χ1n) is 9.55. The average molecular weight is 388 g/mol. The minimum Gasteiger partial charge on any atom is -0.457 e. The molecule has 1 aliphatic rings. The van der Waals surface area contributed by atoms with Gasteiger partial charge in [0.15, 0.2) is 12.4 Å². The summed E-state index contributed by atoms with van der Waals surface area (Å²) in [5.41, 5.74) is 3.83. The maximum atomic E-state index is 12.3. The zero-order valence-corrected chi connectivity index (χ0v) is 15.8. The van der Waals surface area contributed by atoms with Crippen molar-refractivity contribution in [3.8, 4) is 0 Å². The summed E-state index contributed by atoms with van der Waals surface area (Å²) in [6, 6.07) is 16.8. The number of carbonyl (C=O) groups excluding carboxylic acids is 3. The van der Waals surface area contributed by atoms with Crippen LogP contribution in [0.3, 0.4) is 0 Å². The van der Waals surface area contributed by atoms with Crippen LogP contribution in [0.1, 0.15) is 34.5 Å². The molecule has 0 atom stereocenters. The summed E-state index contributed by atoms with van der Waals surface area (Å²) in [5, 5.41) is 3.83. The number of anilines is 1. The Morgan fingerprint density at radius 2 is 1.90 bits per heavy atom. The molecule has 2 heterocycles. The third-order valence-corrected chi connectivity index (χ3v) is 4.93. The van der Waals surface area contributed by atoms with Crippen molar-refractivity contribution in [3.05, 3.63) is 71.4 Å². The average Bonchev–Trinajstić information content (AvgIpc) is 2.75. The highest BCUT2D eigenvalue weighted by Crippen LogP contribution is 2.23. The van der Waals surface area contributed by atoms with Crippen LogP contribution in [0.15, 0.2) is 54.6 Å². The monoisotopic (exact) mass is 388 g/mol. The molecule has 6 heteroatoms. The number of aryl methyl sites for hydroxylation is 2. The van der Waals surface area contributed by atoms with Crippen molar-refractivity contribution in [2.45, 2.75) is 25.7 Å². The zero-order valence-electron chi connectivity index (χ0n) is 15.8. The molecule has 0 fully saturated rings. The molecule has 3 aromatic rings. The van der Waals surface area contributed by atoms with E-state index in [1.54, 1.807) is 18.2 Å². The van der Waals surface area contributed by atoms with Gasteiger partial charge in [-0.05, 0) is 42.3 Å². The van der Waals surface area contributed by atoms with Gasteiger partial charge in [0, 0.05) is 35.2 Å². The minimum absolute atomic E-state index is 0.0218. The molecular weight excluding hydrogens is 368 g/mol. The number of ether oxygens (including phenoxy) is 1. The van der Waals surface area contributed by atoms with Crippen molar-refractivity contribution in [2.24, 2.45) is 0 Å². The van der Waals surface area contributed by atoms with E-state index in [0.29, 0.717) is 24.8 Å². The van der Waals surface area contributed by atoms with Crippen molar-refractivity contribution in [1.82, 2.24) is 4.98 Å². The van der Waals surface area contributed by atoms with Gasteiger partial charge < -0.3 is 10.1 Å². The molecule has 29 heavy (non-hydrogen) atoms. The summed E-state index contributed by atoms with van der Waals surface area (Å²) in [6.07, 6.45) is 1.62. The van der Waals surface area contributed by atoms with E-state index in [1.165, 1.54) is 0 Å². The molecule has 0 saturated carbocycles. The van der Waals surface area contributed by atoms with Crippen molar-refractivity contribution in [3.63, 3.8) is 0 Å². The zero-order chi connectivity index (χ0) is 20.2. The molecule has 1 aromatic heterocycles. The molecule has 0 spiro atoms. The number of nitrogens with one attached hydrogen (secondary N) is 1. The number of para-hydroxylation sites is 1. The predicted octanol–water partition coefficient (Wildman–Crippen LogP) is 3.48. The molecule has 146 valence electrons. The standard InChI is InChI=1S/C23H20N2O4/c26-21(17-6-10-20-16(13-17)7-11-22(27)25-20)14-29-23(28)12-9-18-8-5-15-3-1-2-4-19(15)24-18/h1-6,8,10,13H,7,9,11-12,14H2,(H,25,27). The number of pyridine rings is 1. The van der Waals surface area contributed by atoms with Crippen molar-refractivity contribution >= 4 is 34.3 Å². The minimum atomic E-state index is -0.432. The number of carbonyl (C=O) groups is 3. The summed E-state index contributed by atoms with van der Waals surface area (Å²) >= 11 is 0. The summed E-state index contributed by atoms with van der Waals surface area (Å²) in [7, 11) is 0. The number of hydrogen-bond donors (Lipinski definition) is 1. The van der Waals surface area contributed by atoms with E-state index in [1.807, 2.05) is 36.4 Å². The third kappa shape index (κ3) is 4.48. The lowest BCUT2D eigenvalue weighted by Gasteiger charge is -2.17. The normalized spacial score (nSPS) is 12.9. The smallest absolute Gasteiger partial charge is 0.306 e. The second-order valence-corrected chi connectivity index (χ2v) is 7.00. The molecule has 4 rings (SSSR count). The summed E-state index contributed by atoms with van der Waals surface area (Å²) in [6.45, 7) is -0.296. The number of aromatic nitrogens is 1. The lowest BCUT2D eigenvalue weighted by atomic mass is 9.99. The highest BCUT2D eigenvalue weighted by molar-refractivity contribution is 6.00. The second-order valence-electron chi connectivity index (χ2n) is 7.00. The van der Waals surface area contributed by atoms with Crippen LogP contribution < -0.4 is 5.32 Å². The number of nitrogens with zero attached hydrogens (tertiary/aromatic N) is 1. The molecule has 2 aromatic carbocycles. The van der Waals surface area contributed by atoms with Crippen LogP contribution in [-0.4, -0.2) is 29.3 Å². The van der Waals surface area contributed by atoms with Gasteiger partial charge >= 0.3 is 5.97 Å². The Morgan fingerprint density at radius 3 is 2.79 bits per heavy atom. The van der Waals surface area contributed by atoms with E-state index in [9.17, 15) is 14.4 Å². The van der Waals surface area contributed by atoms with Crippen LogP contribution >= 0.6 is 0 Å². The molecule has 1 amide bonds. The fraction of sp³-hybridized carbons (Fsp3) is 0.217. The first kappa shape index (κ1) is 18.8. The number of fused-ring (bicyclic) bond motifs is 2. The van der Waals surface area contributed by atoms with E-state index in [0.717, 1.165) is 27.8 Å². The lowest BCUT2D eigenvalue weighted by Crippen LogP contribution is -2.20. The van der Waals surface area contributed by atoms with E-state index in [2.05, 4.69) is 10.3 Å². The van der Waals surface area contributed by atoms with Gasteiger partial charge in [0.2, 0.25) is 5.91 Å². The SMILES string of the molecule is O=C1CCc2cc(C(=O)COC(=O)CCc3ccc4ccccc4n3)ccc2N1. The van der Waals surface area contributed by atoms with E-state index >= 15 is 0 Å². The van der Waals surface area contributed by atoms with Crippen LogP contribution in [0, 0.1) is 0 Å². The highest BCUT2D eigenvalue weighted by Gasteiger charge is 2.17. The number of benzene rings is 2. The van der Waals surface area contributed by atoms with E-state index in [-0.39, 0.29) is 24.7 Å². The highest BCUT2D eigenvalue weighted by atomic mass is 16.5. The van der Waals surface area contributed by atoms with Gasteiger partial charge in [-0.3, -0.25) is 19.4 Å². The van der Waals surface area contributed by atoms with Crippen LogP contribution in [0.25, 0.3) is 10.9 Å². The molecule has 6 nitrogen and oxygen atoms in total. The Kier molecular flexibility index (Phi) is 5.33. The maximum absolute atomic E-state index is 12.3. The summed E-state index contributed by atoms with van der Waals surface area (Å²) in [4.78, 5) is 40.3. The van der Waals surface area contributed by atoms with Gasteiger partial charge in [-0.2, -0.15) is 0 Å². The van der Waals surface area contributed by atoms with Gasteiger partial charge in [0.25, 0.3) is 0 Å². The van der Waals surface area contributed by atoms with Gasteiger partial charge in [-0.1, -0.05) is 24.3 Å². The number of ketones is 1. The van der Waals surface area contributed by atoms with Gasteiger partial charge in [0.1, 0.15) is 0 Å². The molecule has 1 aliphatic heterocycles. The largest absolute Gasteiger partial charge is 0.457 e. The van der Waals surface area contributed by atoms with Crippen LogP contribution in [0.5, 0.6) is 0 Å². The molecule has 0 saturated heterocycles. The summed E-state index contributed by atoms with van der Waals surface area (Å²) in [5.74, 6) is -0.716. The molecule has 0 unspecified atom stereocenters. The van der Waals surface area contributed by atoms with Crippen LogP contribution in [-0.2, 0) is 27.2 Å². The van der Waals surface area contributed by atoms with E-state index in [4.69, 9.17) is 4.74 Å². The fourth-order valence-electron chi connectivity index (χ4n) is 3.34. The number of hydrogen-bond acceptors (Lipinski definition) is 5. The fourth-order valence-corrected chi connectivity index (χ4v) is 3.34. The van der Waals surface area contributed by atoms with Crippen LogP contribution in [0.2, 0.25) is 0 Å². The molecular formula is C23H20N2O4. The first-order valence-corrected chi connectivity index (χ1v) is 9.55. The van der Waals surface area contributed by atoms with Crippen molar-refractivity contribution in [2.75, 3.05) is 11.9 Å². The van der Waals surface area contributed by atoms with Gasteiger partial charge in [-0.15, -0.1) is 0 Å². The van der Waals surface area contributed by atoms with Crippen molar-refractivity contribution in [1.29, 1.82) is 0 Å². The Morgan fingerprint density at radius 1 is 1.03 bits per heavy atom. The summed E-state index contributed by atoms with van der Waals surface area (Å²) < 4.78 is 5.14. The number of rotatable bonds is 6. The number of Topliss-reactive ketones (excluding diaryl/α,β-unsaturated/α-hetero) is 1. The molecule has 0 aliphatic carbocycles. The third-order valence-electron chi connectivity index (χ3n) is 4.93. The topological polar surface area (TPSA) is 85.4 Å². The Hall–Kier alpha value is -3.54.